The van der Waals surface area contributed by atoms with E-state index in [1.54, 1.807) is 24.3 Å². The molecule has 6 nitrogen and oxygen atoms in total. The molecule has 0 aliphatic heterocycles. The van der Waals surface area contributed by atoms with Crippen LogP contribution in [0.1, 0.15) is 42.6 Å². The highest BCUT2D eigenvalue weighted by atomic mass is 35.5. The van der Waals surface area contributed by atoms with Crippen molar-refractivity contribution >= 4 is 35.1 Å². The molecular formula is C22H25ClN2O4. The second kappa shape index (κ2) is 11.2. The minimum Gasteiger partial charge on any atom is -0.454 e. The van der Waals surface area contributed by atoms with Gasteiger partial charge in [0, 0.05) is 5.69 Å². The Kier molecular flexibility index (Phi) is 8.68. The summed E-state index contributed by atoms with van der Waals surface area (Å²) in [6.07, 6.45) is 3.24. The van der Waals surface area contributed by atoms with Crippen LogP contribution in [-0.2, 0) is 20.7 Å². The zero-order valence-electron chi connectivity index (χ0n) is 16.5. The third kappa shape index (κ3) is 7.23. The van der Waals surface area contributed by atoms with Crippen LogP contribution < -0.4 is 10.6 Å². The van der Waals surface area contributed by atoms with E-state index >= 15 is 0 Å². The van der Waals surface area contributed by atoms with E-state index in [1.165, 1.54) is 12.5 Å². The summed E-state index contributed by atoms with van der Waals surface area (Å²) in [6.45, 7) is 3.17. The quantitative estimate of drug-likeness (QED) is 0.605. The van der Waals surface area contributed by atoms with Gasteiger partial charge in [0.2, 0.25) is 0 Å². The number of unbranched alkanes of at least 4 members (excludes halogenated alkanes) is 1. The number of hydrogen-bond acceptors (Lipinski definition) is 4. The molecule has 0 saturated heterocycles. The van der Waals surface area contributed by atoms with E-state index in [1.807, 2.05) is 24.3 Å². The van der Waals surface area contributed by atoms with Crippen molar-refractivity contribution in [2.24, 2.45) is 0 Å². The predicted octanol–water partition coefficient (Wildman–Crippen LogP) is 3.98. The van der Waals surface area contributed by atoms with Crippen LogP contribution >= 0.6 is 11.6 Å². The van der Waals surface area contributed by atoms with Crippen molar-refractivity contribution in [2.45, 2.75) is 39.2 Å². The molecule has 29 heavy (non-hydrogen) atoms. The third-order valence-electron chi connectivity index (χ3n) is 4.22. The van der Waals surface area contributed by atoms with E-state index in [9.17, 15) is 14.4 Å². The van der Waals surface area contributed by atoms with Gasteiger partial charge in [-0.05, 0) is 49.6 Å². The number of ether oxygens (including phenoxy) is 1. The maximum Gasteiger partial charge on any atom is 0.328 e. The van der Waals surface area contributed by atoms with Gasteiger partial charge in [-0.15, -0.1) is 0 Å². The Morgan fingerprint density at radius 3 is 2.41 bits per heavy atom. The molecule has 0 aliphatic rings. The van der Waals surface area contributed by atoms with Crippen molar-refractivity contribution in [2.75, 3.05) is 11.9 Å². The summed E-state index contributed by atoms with van der Waals surface area (Å²) in [5.41, 5.74) is 2.10. The van der Waals surface area contributed by atoms with Gasteiger partial charge in [0.25, 0.3) is 11.8 Å². The smallest absolute Gasteiger partial charge is 0.328 e. The van der Waals surface area contributed by atoms with E-state index in [0.717, 1.165) is 19.3 Å². The first-order chi connectivity index (χ1) is 13.9. The number of aryl methyl sites for hydroxylation is 1. The average Bonchev–Trinajstić information content (AvgIpc) is 2.71. The van der Waals surface area contributed by atoms with Crippen molar-refractivity contribution < 1.29 is 19.1 Å². The second-order valence-electron chi connectivity index (χ2n) is 6.63. The monoisotopic (exact) mass is 416 g/mol. The number of benzene rings is 2. The van der Waals surface area contributed by atoms with Crippen LogP contribution in [0.4, 0.5) is 5.69 Å². The number of halogens is 1. The lowest BCUT2D eigenvalue weighted by Crippen LogP contribution is -2.40. The fraction of sp³-hybridized carbons (Fsp3) is 0.318. The van der Waals surface area contributed by atoms with Gasteiger partial charge in [-0.1, -0.05) is 49.2 Å². The minimum atomic E-state index is -0.926. The fourth-order valence-electron chi connectivity index (χ4n) is 2.57. The number of amides is 2. The molecule has 0 aliphatic carbocycles. The van der Waals surface area contributed by atoms with E-state index in [-0.39, 0.29) is 10.6 Å². The first-order valence-electron chi connectivity index (χ1n) is 9.51. The summed E-state index contributed by atoms with van der Waals surface area (Å²) in [6, 6.07) is 13.1. The van der Waals surface area contributed by atoms with Gasteiger partial charge in [-0.2, -0.15) is 0 Å². The maximum atomic E-state index is 12.2. The maximum absolute atomic E-state index is 12.2. The van der Waals surface area contributed by atoms with E-state index < -0.39 is 30.4 Å². The minimum absolute atomic E-state index is 0.258. The van der Waals surface area contributed by atoms with E-state index in [0.29, 0.717) is 5.69 Å². The molecule has 0 saturated carbocycles. The third-order valence-corrected chi connectivity index (χ3v) is 4.55. The Labute approximate surface area is 175 Å². The van der Waals surface area contributed by atoms with Gasteiger partial charge >= 0.3 is 5.97 Å². The van der Waals surface area contributed by atoms with Gasteiger partial charge in [-0.3, -0.25) is 9.59 Å². The van der Waals surface area contributed by atoms with Crippen LogP contribution in [0.2, 0.25) is 5.02 Å². The largest absolute Gasteiger partial charge is 0.454 e. The summed E-state index contributed by atoms with van der Waals surface area (Å²) < 4.78 is 4.98. The van der Waals surface area contributed by atoms with Gasteiger partial charge in [0.1, 0.15) is 6.04 Å². The summed E-state index contributed by atoms with van der Waals surface area (Å²) in [5, 5.41) is 5.46. The normalized spacial score (nSPS) is 11.4. The lowest BCUT2D eigenvalue weighted by Gasteiger charge is -2.14. The zero-order chi connectivity index (χ0) is 21.2. The van der Waals surface area contributed by atoms with Crippen LogP contribution in [0.5, 0.6) is 0 Å². The van der Waals surface area contributed by atoms with Crippen molar-refractivity contribution in [3.8, 4) is 0 Å². The highest BCUT2D eigenvalue weighted by molar-refractivity contribution is 6.33. The Hall–Kier alpha value is -2.86. The highest BCUT2D eigenvalue weighted by Gasteiger charge is 2.20. The predicted molar refractivity (Wildman–Crippen MR) is 113 cm³/mol. The highest BCUT2D eigenvalue weighted by Crippen LogP contribution is 2.15. The molecule has 2 N–H and O–H groups in total. The summed E-state index contributed by atoms with van der Waals surface area (Å²) in [7, 11) is 0. The Balaban J connectivity index is 1.78. The SMILES string of the molecule is CCCCc1ccc(NC(=O)COC(=O)[C@H](C)NC(=O)c2ccccc2Cl)cc1. The molecular weight excluding hydrogens is 392 g/mol. The molecule has 2 amide bonds. The summed E-state index contributed by atoms with van der Waals surface area (Å²) in [4.78, 5) is 36.2. The van der Waals surface area contributed by atoms with Crippen LogP contribution in [0.15, 0.2) is 48.5 Å². The van der Waals surface area contributed by atoms with Gasteiger partial charge < -0.3 is 15.4 Å². The molecule has 0 unspecified atom stereocenters. The molecule has 2 aromatic rings. The Morgan fingerprint density at radius 2 is 1.76 bits per heavy atom. The number of hydrogen-bond donors (Lipinski definition) is 2. The van der Waals surface area contributed by atoms with Gasteiger partial charge in [-0.25, -0.2) is 4.79 Å². The standard InChI is InChI=1S/C22H25ClN2O4/c1-3-4-7-16-10-12-17(13-11-16)25-20(26)14-29-22(28)15(2)24-21(27)18-8-5-6-9-19(18)23/h5-6,8-13,15H,3-4,7,14H2,1-2H3,(H,24,27)(H,25,26)/t15-/m0/s1. The van der Waals surface area contributed by atoms with E-state index in [4.69, 9.17) is 16.3 Å². The zero-order valence-corrected chi connectivity index (χ0v) is 17.3. The van der Waals surface area contributed by atoms with Crippen molar-refractivity contribution in [3.05, 3.63) is 64.7 Å². The molecule has 0 radical (unpaired) electrons. The second-order valence-corrected chi connectivity index (χ2v) is 7.04. The van der Waals surface area contributed by atoms with Crippen LogP contribution in [0.25, 0.3) is 0 Å². The van der Waals surface area contributed by atoms with Crippen molar-refractivity contribution in [1.29, 1.82) is 0 Å². The number of anilines is 1. The Bertz CT molecular complexity index is 852. The van der Waals surface area contributed by atoms with Crippen LogP contribution in [0, 0.1) is 0 Å². The first-order valence-corrected chi connectivity index (χ1v) is 9.89. The van der Waals surface area contributed by atoms with Gasteiger partial charge in [0.15, 0.2) is 6.61 Å². The summed E-state index contributed by atoms with van der Waals surface area (Å²) >= 11 is 5.97. The van der Waals surface area contributed by atoms with Crippen molar-refractivity contribution in [3.63, 3.8) is 0 Å². The molecule has 2 aromatic carbocycles. The molecule has 0 spiro atoms. The topological polar surface area (TPSA) is 84.5 Å². The lowest BCUT2D eigenvalue weighted by atomic mass is 10.1. The van der Waals surface area contributed by atoms with Crippen LogP contribution in [-0.4, -0.2) is 30.4 Å². The molecule has 7 heteroatoms. The Morgan fingerprint density at radius 1 is 1.07 bits per heavy atom. The van der Waals surface area contributed by atoms with Crippen LogP contribution in [0.3, 0.4) is 0 Å². The number of nitrogens with one attached hydrogen (secondary N) is 2. The number of esters is 1. The average molecular weight is 417 g/mol. The number of rotatable bonds is 9. The molecule has 1 atom stereocenters. The van der Waals surface area contributed by atoms with Crippen molar-refractivity contribution in [1.82, 2.24) is 5.32 Å². The fourth-order valence-corrected chi connectivity index (χ4v) is 2.79. The van der Waals surface area contributed by atoms with Gasteiger partial charge in [0.05, 0.1) is 10.6 Å². The summed E-state index contributed by atoms with van der Waals surface area (Å²) in [5.74, 6) is -1.66. The molecule has 0 aromatic heterocycles. The number of carbonyl (C=O) groups is 3. The molecule has 0 fully saturated rings. The molecule has 154 valence electrons. The first kappa shape index (κ1) is 22.4. The molecule has 0 heterocycles. The molecule has 2 rings (SSSR count). The lowest BCUT2D eigenvalue weighted by molar-refractivity contribution is -0.148. The number of carbonyl (C=O) groups excluding carboxylic acids is 3. The van der Waals surface area contributed by atoms with E-state index in [2.05, 4.69) is 17.6 Å². The molecule has 0 bridgehead atoms.